The van der Waals surface area contributed by atoms with Crippen molar-refractivity contribution in [1.29, 1.82) is 5.26 Å². The normalized spacial score (nSPS) is 19.6. The minimum Gasteiger partial charge on any atom is -0.324 e. The summed E-state index contributed by atoms with van der Waals surface area (Å²) in [7, 11) is 0. The molecule has 0 fully saturated rings. The molecular weight excluding hydrogens is 152 g/mol. The number of para-hydroxylation sites is 1. The molecule has 0 unspecified atom stereocenters. The number of benzene rings is 1. The first-order valence-corrected chi connectivity index (χ1v) is 3.62. The molecule has 1 aliphatic heterocycles. The topological polar surface area (TPSA) is 52.9 Å². The average Bonchev–Trinajstić information content (AvgIpc) is 2.40. The Labute approximate surface area is 69.6 Å². The standard InChI is InChI=1S/C9H6N2O/c10-5-7-6-3-1-2-4-8(6)11-9(7)12/h1-4,7H,(H,11,12)/t7-/m0/s1. The minimum atomic E-state index is -0.624. The van der Waals surface area contributed by atoms with Crippen LogP contribution >= 0.6 is 0 Å². The molecule has 3 heteroatoms. The van der Waals surface area contributed by atoms with Crippen LogP contribution in [-0.2, 0) is 4.79 Å². The van der Waals surface area contributed by atoms with Gasteiger partial charge in [-0.3, -0.25) is 4.79 Å². The van der Waals surface area contributed by atoms with Gasteiger partial charge in [0, 0.05) is 11.3 Å². The molecule has 0 saturated heterocycles. The van der Waals surface area contributed by atoms with Gasteiger partial charge in [0.2, 0.25) is 5.91 Å². The molecule has 1 aromatic carbocycles. The molecule has 58 valence electrons. The number of carbonyl (C=O) groups excluding carboxylic acids is 1. The molecule has 0 spiro atoms. The van der Waals surface area contributed by atoms with Gasteiger partial charge in [-0.25, -0.2) is 0 Å². The first-order chi connectivity index (χ1) is 5.83. The number of rotatable bonds is 0. The van der Waals surface area contributed by atoms with Crippen molar-refractivity contribution in [2.24, 2.45) is 0 Å². The molecule has 0 radical (unpaired) electrons. The van der Waals surface area contributed by atoms with Gasteiger partial charge in [-0.05, 0) is 6.07 Å². The Bertz CT molecular complexity index is 378. The maximum atomic E-state index is 11.1. The van der Waals surface area contributed by atoms with E-state index in [0.29, 0.717) is 0 Å². The summed E-state index contributed by atoms with van der Waals surface area (Å²) in [6.07, 6.45) is 0. The molecule has 1 atom stereocenters. The van der Waals surface area contributed by atoms with Gasteiger partial charge in [-0.2, -0.15) is 5.26 Å². The lowest BCUT2D eigenvalue weighted by molar-refractivity contribution is -0.115. The number of nitrogens with one attached hydrogen (secondary N) is 1. The van der Waals surface area contributed by atoms with Gasteiger partial charge in [-0.1, -0.05) is 18.2 Å². The third kappa shape index (κ3) is 0.785. The number of amides is 1. The quantitative estimate of drug-likeness (QED) is 0.617. The predicted octanol–water partition coefficient (Wildman–Crippen LogP) is 1.25. The summed E-state index contributed by atoms with van der Waals surface area (Å²) in [5, 5.41) is 11.3. The second-order valence-corrected chi connectivity index (χ2v) is 2.64. The van der Waals surface area contributed by atoms with Crippen LogP contribution in [-0.4, -0.2) is 5.91 Å². The molecule has 3 nitrogen and oxygen atoms in total. The van der Waals surface area contributed by atoms with E-state index < -0.39 is 5.92 Å². The molecule has 2 rings (SSSR count). The van der Waals surface area contributed by atoms with Crippen LogP contribution < -0.4 is 5.32 Å². The second kappa shape index (κ2) is 2.35. The average molecular weight is 158 g/mol. The number of nitrogens with zero attached hydrogens (tertiary/aromatic N) is 1. The van der Waals surface area contributed by atoms with Crippen molar-refractivity contribution in [1.82, 2.24) is 0 Å². The fourth-order valence-electron chi connectivity index (χ4n) is 1.34. The molecule has 0 aromatic heterocycles. The van der Waals surface area contributed by atoms with Crippen LogP contribution in [0.4, 0.5) is 5.69 Å². The predicted molar refractivity (Wildman–Crippen MR) is 43.4 cm³/mol. The van der Waals surface area contributed by atoms with E-state index in [-0.39, 0.29) is 5.91 Å². The van der Waals surface area contributed by atoms with Gasteiger partial charge in [0.05, 0.1) is 6.07 Å². The molecule has 1 heterocycles. The SMILES string of the molecule is N#C[C@@H]1C(=O)Nc2ccccc21. The van der Waals surface area contributed by atoms with Gasteiger partial charge in [0.15, 0.2) is 5.92 Å². The Morgan fingerprint density at radius 3 is 2.92 bits per heavy atom. The van der Waals surface area contributed by atoms with Gasteiger partial charge in [-0.15, -0.1) is 0 Å². The van der Waals surface area contributed by atoms with Gasteiger partial charge >= 0.3 is 0 Å². The number of anilines is 1. The first-order valence-electron chi connectivity index (χ1n) is 3.62. The molecule has 0 aliphatic carbocycles. The van der Waals surface area contributed by atoms with E-state index >= 15 is 0 Å². The number of hydrogen-bond acceptors (Lipinski definition) is 2. The van der Waals surface area contributed by atoms with Gasteiger partial charge in [0.25, 0.3) is 0 Å². The summed E-state index contributed by atoms with van der Waals surface area (Å²) < 4.78 is 0. The van der Waals surface area contributed by atoms with Gasteiger partial charge < -0.3 is 5.32 Å². The first kappa shape index (κ1) is 6.86. The maximum Gasteiger partial charge on any atom is 0.246 e. The fraction of sp³-hybridized carbons (Fsp3) is 0.111. The van der Waals surface area contributed by atoms with E-state index in [4.69, 9.17) is 5.26 Å². The van der Waals surface area contributed by atoms with Crippen LogP contribution in [0.25, 0.3) is 0 Å². The highest BCUT2D eigenvalue weighted by molar-refractivity contribution is 6.04. The van der Waals surface area contributed by atoms with Crippen molar-refractivity contribution in [3.8, 4) is 6.07 Å². The summed E-state index contributed by atoms with van der Waals surface area (Å²) in [6, 6.07) is 9.20. The molecule has 1 aromatic rings. The zero-order valence-electron chi connectivity index (χ0n) is 6.24. The number of nitriles is 1. The van der Waals surface area contributed by atoms with E-state index in [9.17, 15) is 4.79 Å². The highest BCUT2D eigenvalue weighted by Crippen LogP contribution is 2.30. The van der Waals surface area contributed by atoms with E-state index in [1.165, 1.54) is 0 Å². The zero-order valence-corrected chi connectivity index (χ0v) is 6.24. The Morgan fingerprint density at radius 1 is 1.42 bits per heavy atom. The molecule has 1 aliphatic rings. The monoisotopic (exact) mass is 158 g/mol. The number of hydrogen-bond donors (Lipinski definition) is 1. The summed E-state index contributed by atoms with van der Waals surface area (Å²) in [6.45, 7) is 0. The summed E-state index contributed by atoms with van der Waals surface area (Å²) >= 11 is 0. The molecule has 1 N–H and O–H groups in total. The third-order valence-corrected chi connectivity index (χ3v) is 1.92. The lowest BCUT2D eigenvalue weighted by Gasteiger charge is -1.95. The van der Waals surface area contributed by atoms with Crippen LogP contribution in [0.3, 0.4) is 0 Å². The van der Waals surface area contributed by atoms with E-state index in [1.807, 2.05) is 18.2 Å². The minimum absolute atomic E-state index is 0.223. The highest BCUT2D eigenvalue weighted by Gasteiger charge is 2.29. The molecular formula is C9H6N2O. The largest absolute Gasteiger partial charge is 0.324 e. The molecule has 1 amide bonds. The van der Waals surface area contributed by atoms with Crippen LogP contribution in [0.15, 0.2) is 24.3 Å². The van der Waals surface area contributed by atoms with Gasteiger partial charge in [0.1, 0.15) is 0 Å². The van der Waals surface area contributed by atoms with Crippen LogP contribution in [0.1, 0.15) is 11.5 Å². The van der Waals surface area contributed by atoms with Crippen LogP contribution in [0.2, 0.25) is 0 Å². The molecule has 0 saturated carbocycles. The van der Waals surface area contributed by atoms with Crippen LogP contribution in [0, 0.1) is 11.3 Å². The van der Waals surface area contributed by atoms with Crippen molar-refractivity contribution >= 4 is 11.6 Å². The van der Waals surface area contributed by atoms with Crippen molar-refractivity contribution in [3.05, 3.63) is 29.8 Å². The summed E-state index contributed by atoms with van der Waals surface area (Å²) in [4.78, 5) is 11.1. The second-order valence-electron chi connectivity index (χ2n) is 2.64. The van der Waals surface area contributed by atoms with E-state index in [2.05, 4.69) is 5.32 Å². The lowest BCUT2D eigenvalue weighted by atomic mass is 10.0. The molecule has 12 heavy (non-hydrogen) atoms. The Balaban J connectivity index is 2.56. The lowest BCUT2D eigenvalue weighted by Crippen LogP contribution is -2.09. The Morgan fingerprint density at radius 2 is 2.17 bits per heavy atom. The zero-order chi connectivity index (χ0) is 8.55. The van der Waals surface area contributed by atoms with Crippen molar-refractivity contribution in [2.75, 3.05) is 5.32 Å². The van der Waals surface area contributed by atoms with Crippen molar-refractivity contribution < 1.29 is 4.79 Å². The summed E-state index contributed by atoms with van der Waals surface area (Å²) in [5.41, 5.74) is 1.54. The smallest absolute Gasteiger partial charge is 0.246 e. The van der Waals surface area contributed by atoms with E-state index in [0.717, 1.165) is 11.3 Å². The maximum absolute atomic E-state index is 11.1. The summed E-state index contributed by atoms with van der Waals surface area (Å²) in [5.74, 6) is -0.847. The van der Waals surface area contributed by atoms with Crippen molar-refractivity contribution in [2.45, 2.75) is 5.92 Å². The van der Waals surface area contributed by atoms with E-state index in [1.54, 1.807) is 12.1 Å². The third-order valence-electron chi connectivity index (χ3n) is 1.92. The Kier molecular flexibility index (Phi) is 1.34. The Hall–Kier alpha value is -1.82. The molecule has 0 bridgehead atoms. The fourth-order valence-corrected chi connectivity index (χ4v) is 1.34. The van der Waals surface area contributed by atoms with Crippen LogP contribution in [0.5, 0.6) is 0 Å². The number of fused-ring (bicyclic) bond motifs is 1. The van der Waals surface area contributed by atoms with Crippen molar-refractivity contribution in [3.63, 3.8) is 0 Å². The number of carbonyl (C=O) groups is 1. The highest BCUT2D eigenvalue weighted by atomic mass is 16.2.